The fraction of sp³-hybridized carbons (Fsp3) is 0.857. The van der Waals surface area contributed by atoms with Crippen LogP contribution >= 0.6 is 0 Å². The molecule has 126 valence electrons. The Morgan fingerprint density at radius 1 is 1.36 bits per heavy atom. The minimum atomic E-state index is -3.17. The lowest BCUT2D eigenvalue weighted by atomic mass is 9.94. The van der Waals surface area contributed by atoms with E-state index in [2.05, 4.69) is 22.4 Å². The van der Waals surface area contributed by atoms with E-state index in [1.54, 1.807) is 25.1 Å². The molecule has 0 spiro atoms. The molecule has 0 aliphatic carbocycles. The molecule has 22 heavy (non-hydrogen) atoms. The molecule has 8 heteroatoms. The Morgan fingerprint density at radius 2 is 2.05 bits per heavy atom. The first-order valence-corrected chi connectivity index (χ1v) is 9.27. The molecule has 2 rings (SSSR count). The maximum atomic E-state index is 12.3. The van der Waals surface area contributed by atoms with Gasteiger partial charge in [0.15, 0.2) is 5.82 Å². The third kappa shape index (κ3) is 3.67. The third-order valence-electron chi connectivity index (χ3n) is 4.20. The minimum Gasteiger partial charge on any atom is -0.338 e. The lowest BCUT2D eigenvalue weighted by Gasteiger charge is -2.38. The summed E-state index contributed by atoms with van der Waals surface area (Å²) >= 11 is 0. The second kappa shape index (κ2) is 6.64. The number of hydrogen-bond acceptors (Lipinski definition) is 6. The molecule has 3 unspecified atom stereocenters. The molecule has 7 nitrogen and oxygen atoms in total. The van der Waals surface area contributed by atoms with E-state index < -0.39 is 10.0 Å². The molecule has 0 radical (unpaired) electrons. The van der Waals surface area contributed by atoms with E-state index >= 15 is 0 Å². The van der Waals surface area contributed by atoms with Gasteiger partial charge in [-0.05, 0) is 40.0 Å². The Bertz CT molecular complexity index is 599. The van der Waals surface area contributed by atoms with Crippen LogP contribution in [0.15, 0.2) is 4.52 Å². The van der Waals surface area contributed by atoms with Crippen molar-refractivity contribution in [3.05, 3.63) is 11.7 Å². The van der Waals surface area contributed by atoms with Gasteiger partial charge in [0.1, 0.15) is 0 Å². The van der Waals surface area contributed by atoms with Gasteiger partial charge in [0.05, 0.1) is 11.3 Å². The standard InChI is InChI=1S/C14H26N4O3S/c1-9(2)22(19,20)18-7-6-13(10(3)8-18)15-11(4)14-16-12(5)17-21-14/h9-11,13,15H,6-8H2,1-5H3. The quantitative estimate of drug-likeness (QED) is 0.879. The van der Waals surface area contributed by atoms with Crippen LogP contribution in [0.25, 0.3) is 0 Å². The molecule has 0 aromatic carbocycles. The van der Waals surface area contributed by atoms with Crippen LogP contribution in [0.3, 0.4) is 0 Å². The van der Waals surface area contributed by atoms with Crippen LogP contribution in [-0.2, 0) is 10.0 Å². The number of rotatable bonds is 5. The van der Waals surface area contributed by atoms with Gasteiger partial charge in [-0.3, -0.25) is 0 Å². The zero-order chi connectivity index (χ0) is 16.5. The number of nitrogens with zero attached hydrogens (tertiary/aromatic N) is 3. The highest BCUT2D eigenvalue weighted by molar-refractivity contribution is 7.89. The molecule has 0 bridgehead atoms. The van der Waals surface area contributed by atoms with Crippen molar-refractivity contribution < 1.29 is 12.9 Å². The summed E-state index contributed by atoms with van der Waals surface area (Å²) in [7, 11) is -3.17. The van der Waals surface area contributed by atoms with Crippen LogP contribution in [0.2, 0.25) is 0 Å². The molecule has 1 N–H and O–H groups in total. The van der Waals surface area contributed by atoms with E-state index in [1.165, 1.54) is 0 Å². The molecule has 3 atom stereocenters. The van der Waals surface area contributed by atoms with E-state index in [9.17, 15) is 8.42 Å². The summed E-state index contributed by atoms with van der Waals surface area (Å²) in [6, 6.07) is 0.197. The van der Waals surface area contributed by atoms with Crippen LogP contribution in [0.5, 0.6) is 0 Å². The van der Waals surface area contributed by atoms with E-state index in [-0.39, 0.29) is 23.3 Å². The average molecular weight is 330 g/mol. The first kappa shape index (κ1) is 17.4. The van der Waals surface area contributed by atoms with Crippen molar-refractivity contribution in [3.63, 3.8) is 0 Å². The number of piperidine rings is 1. The van der Waals surface area contributed by atoms with E-state index in [1.807, 2.05) is 6.92 Å². The fourth-order valence-corrected chi connectivity index (χ4v) is 4.16. The van der Waals surface area contributed by atoms with Crippen LogP contribution in [0, 0.1) is 12.8 Å². The van der Waals surface area contributed by atoms with Crippen molar-refractivity contribution in [1.29, 1.82) is 0 Å². The van der Waals surface area contributed by atoms with Gasteiger partial charge in [0.25, 0.3) is 0 Å². The van der Waals surface area contributed by atoms with Crippen LogP contribution in [0.4, 0.5) is 0 Å². The van der Waals surface area contributed by atoms with Crippen LogP contribution < -0.4 is 5.32 Å². The third-order valence-corrected chi connectivity index (χ3v) is 6.44. The molecular weight excluding hydrogens is 304 g/mol. The van der Waals surface area contributed by atoms with Crippen molar-refractivity contribution in [2.45, 2.75) is 58.4 Å². The molecule has 2 heterocycles. The van der Waals surface area contributed by atoms with Crippen molar-refractivity contribution in [2.75, 3.05) is 13.1 Å². The highest BCUT2D eigenvalue weighted by Gasteiger charge is 2.34. The highest BCUT2D eigenvalue weighted by Crippen LogP contribution is 2.23. The smallest absolute Gasteiger partial charge is 0.243 e. The first-order valence-electron chi connectivity index (χ1n) is 7.77. The Labute approximate surface area is 132 Å². The SMILES string of the molecule is Cc1noc(C(C)NC2CCN(S(=O)(=O)C(C)C)CC2C)n1. The molecule has 1 aromatic rings. The average Bonchev–Trinajstić information content (AvgIpc) is 2.87. The summed E-state index contributed by atoms with van der Waals surface area (Å²) in [5.41, 5.74) is 0. The van der Waals surface area contributed by atoms with Gasteiger partial charge in [-0.25, -0.2) is 12.7 Å². The summed E-state index contributed by atoms with van der Waals surface area (Å²) in [5.74, 6) is 1.42. The van der Waals surface area contributed by atoms with Gasteiger partial charge in [-0.2, -0.15) is 4.98 Å². The zero-order valence-corrected chi connectivity index (χ0v) is 14.7. The van der Waals surface area contributed by atoms with Crippen molar-refractivity contribution >= 4 is 10.0 Å². The lowest BCUT2D eigenvalue weighted by Crippen LogP contribution is -2.51. The number of aryl methyl sites for hydroxylation is 1. The van der Waals surface area contributed by atoms with Gasteiger partial charge < -0.3 is 9.84 Å². The second-order valence-electron chi connectivity index (χ2n) is 6.39. The Balaban J connectivity index is 1.96. The van der Waals surface area contributed by atoms with Gasteiger partial charge in [0.2, 0.25) is 15.9 Å². The number of aromatic nitrogens is 2. The number of nitrogens with one attached hydrogen (secondary N) is 1. The summed E-state index contributed by atoms with van der Waals surface area (Å²) in [6.07, 6.45) is 0.782. The molecule has 1 aliphatic rings. The summed E-state index contributed by atoms with van der Waals surface area (Å²) < 4.78 is 31.3. The molecule has 1 aliphatic heterocycles. The Hall–Kier alpha value is -0.990. The summed E-state index contributed by atoms with van der Waals surface area (Å²) in [5, 5.41) is 6.91. The molecule has 1 fully saturated rings. The highest BCUT2D eigenvalue weighted by atomic mass is 32.2. The maximum Gasteiger partial charge on any atom is 0.243 e. The normalized spacial score (nSPS) is 25.5. The topological polar surface area (TPSA) is 88.3 Å². The maximum absolute atomic E-state index is 12.3. The Morgan fingerprint density at radius 3 is 2.55 bits per heavy atom. The first-order chi connectivity index (χ1) is 10.2. The number of sulfonamides is 1. The second-order valence-corrected chi connectivity index (χ2v) is 8.88. The monoisotopic (exact) mass is 330 g/mol. The van der Waals surface area contributed by atoms with E-state index in [4.69, 9.17) is 4.52 Å². The minimum absolute atomic E-state index is 0.0399. The predicted octanol–water partition coefficient (Wildman–Crippen LogP) is 1.48. The summed E-state index contributed by atoms with van der Waals surface area (Å²) in [4.78, 5) is 4.23. The van der Waals surface area contributed by atoms with E-state index in [0.29, 0.717) is 24.8 Å². The largest absolute Gasteiger partial charge is 0.338 e. The van der Waals surface area contributed by atoms with Crippen molar-refractivity contribution in [3.8, 4) is 0 Å². The van der Waals surface area contributed by atoms with Gasteiger partial charge in [-0.1, -0.05) is 12.1 Å². The summed E-state index contributed by atoms with van der Waals surface area (Å²) in [6.45, 7) is 10.4. The zero-order valence-electron chi connectivity index (χ0n) is 13.9. The van der Waals surface area contributed by atoms with Gasteiger partial charge >= 0.3 is 0 Å². The van der Waals surface area contributed by atoms with E-state index in [0.717, 1.165) is 6.42 Å². The molecule has 0 saturated carbocycles. The fourth-order valence-electron chi connectivity index (χ4n) is 2.77. The van der Waals surface area contributed by atoms with Gasteiger partial charge in [0, 0.05) is 19.1 Å². The molecular formula is C14H26N4O3S. The molecule has 1 aromatic heterocycles. The van der Waals surface area contributed by atoms with Crippen molar-refractivity contribution in [1.82, 2.24) is 19.8 Å². The molecule has 0 amide bonds. The van der Waals surface area contributed by atoms with Gasteiger partial charge in [-0.15, -0.1) is 0 Å². The van der Waals surface area contributed by atoms with Crippen LogP contribution in [0.1, 0.15) is 51.9 Å². The number of hydrogen-bond donors (Lipinski definition) is 1. The van der Waals surface area contributed by atoms with Crippen LogP contribution in [-0.4, -0.2) is 47.2 Å². The predicted molar refractivity (Wildman–Crippen MR) is 83.8 cm³/mol. The molecule has 1 saturated heterocycles. The lowest BCUT2D eigenvalue weighted by molar-refractivity contribution is 0.199. The Kier molecular flexibility index (Phi) is 5.24. The van der Waals surface area contributed by atoms with Crippen molar-refractivity contribution in [2.24, 2.45) is 5.92 Å².